The van der Waals surface area contributed by atoms with Crippen molar-refractivity contribution in [2.75, 3.05) is 13.2 Å². The average molecular weight is 191 g/mol. The number of fused-ring (bicyclic) bond motifs is 1. The maximum atomic E-state index is 10.0. The second kappa shape index (κ2) is 3.09. The monoisotopic (exact) mass is 191 g/mol. The minimum atomic E-state index is -0.871. The van der Waals surface area contributed by atoms with Gasteiger partial charge in [0.15, 0.2) is 6.10 Å². The number of rotatable bonds is 2. The zero-order valence-corrected chi connectivity index (χ0v) is 6.66. The molecule has 0 amide bonds. The molecule has 2 fully saturated rings. The number of aliphatic hydroxyl groups is 1. The van der Waals surface area contributed by atoms with Crippen molar-refractivity contribution in [2.24, 2.45) is 0 Å². The summed E-state index contributed by atoms with van der Waals surface area (Å²) >= 11 is 0. The van der Waals surface area contributed by atoms with Crippen molar-refractivity contribution >= 4 is 0 Å². The summed E-state index contributed by atoms with van der Waals surface area (Å²) < 4.78 is 10.2. The van der Waals surface area contributed by atoms with Crippen LogP contribution in [0.3, 0.4) is 0 Å². The topological polar surface area (TPSA) is 91.1 Å². The number of ether oxygens (including phenoxy) is 2. The molecule has 13 heavy (non-hydrogen) atoms. The van der Waals surface area contributed by atoms with Gasteiger partial charge in [0.1, 0.15) is 18.3 Å². The van der Waals surface area contributed by atoms with E-state index in [4.69, 9.17) is 9.47 Å². The van der Waals surface area contributed by atoms with E-state index >= 15 is 0 Å². The molecular weight excluding hydrogens is 182 g/mol. The lowest BCUT2D eigenvalue weighted by Crippen LogP contribution is -2.33. The summed E-state index contributed by atoms with van der Waals surface area (Å²) in [5, 5.41) is 18.4. The first-order valence-electron chi connectivity index (χ1n) is 3.91. The predicted molar refractivity (Wildman–Crippen MR) is 37.4 cm³/mol. The highest BCUT2D eigenvalue weighted by Gasteiger charge is 2.48. The maximum absolute atomic E-state index is 10.0. The van der Waals surface area contributed by atoms with Crippen LogP contribution in [0.2, 0.25) is 0 Å². The summed E-state index contributed by atoms with van der Waals surface area (Å²) in [4.78, 5) is 14.4. The first-order valence-corrected chi connectivity index (χ1v) is 3.91. The second-order valence-electron chi connectivity index (χ2n) is 3.03. The fourth-order valence-corrected chi connectivity index (χ4v) is 1.64. The standard InChI is InChI=1S/C6H9NO6/c8-3-1-11-6-4(13-7(9)10)2-12-5(3)6/h3-6,8H,1-2H2/t3-,4+,5-,6+/m0/s1. The summed E-state index contributed by atoms with van der Waals surface area (Å²) in [6.45, 7) is 0.236. The van der Waals surface area contributed by atoms with Gasteiger partial charge >= 0.3 is 0 Å². The van der Waals surface area contributed by atoms with Gasteiger partial charge in [0.25, 0.3) is 5.09 Å². The van der Waals surface area contributed by atoms with Crippen LogP contribution >= 0.6 is 0 Å². The highest BCUT2D eigenvalue weighted by molar-refractivity contribution is 4.94. The van der Waals surface area contributed by atoms with Crippen LogP contribution in [0.15, 0.2) is 0 Å². The van der Waals surface area contributed by atoms with E-state index in [1.54, 1.807) is 0 Å². The second-order valence-corrected chi connectivity index (χ2v) is 3.03. The van der Waals surface area contributed by atoms with E-state index in [1.165, 1.54) is 0 Å². The molecule has 7 heteroatoms. The number of hydrogen-bond acceptors (Lipinski definition) is 6. The van der Waals surface area contributed by atoms with Crippen molar-refractivity contribution in [1.82, 2.24) is 0 Å². The molecule has 0 radical (unpaired) electrons. The molecule has 4 atom stereocenters. The van der Waals surface area contributed by atoms with Gasteiger partial charge in [-0.05, 0) is 0 Å². The molecule has 0 saturated carbocycles. The molecule has 0 unspecified atom stereocenters. The van der Waals surface area contributed by atoms with E-state index in [2.05, 4.69) is 4.84 Å². The first kappa shape index (κ1) is 8.67. The third-order valence-electron chi connectivity index (χ3n) is 2.20. The van der Waals surface area contributed by atoms with Crippen LogP contribution in [-0.4, -0.2) is 47.8 Å². The summed E-state index contributed by atoms with van der Waals surface area (Å²) in [6, 6.07) is 0. The summed E-state index contributed by atoms with van der Waals surface area (Å²) in [7, 11) is 0. The summed E-state index contributed by atoms with van der Waals surface area (Å²) in [5.41, 5.74) is 0. The molecule has 2 aliphatic heterocycles. The van der Waals surface area contributed by atoms with Crippen LogP contribution in [0.25, 0.3) is 0 Å². The zero-order valence-electron chi connectivity index (χ0n) is 6.66. The summed E-state index contributed by atoms with van der Waals surface area (Å²) in [5.74, 6) is 0. The van der Waals surface area contributed by atoms with Gasteiger partial charge in [-0.15, -0.1) is 10.1 Å². The van der Waals surface area contributed by atoms with Crippen molar-refractivity contribution in [3.63, 3.8) is 0 Å². The van der Waals surface area contributed by atoms with Crippen molar-refractivity contribution in [3.05, 3.63) is 10.1 Å². The maximum Gasteiger partial charge on any atom is 0.294 e. The van der Waals surface area contributed by atoms with Crippen molar-refractivity contribution in [1.29, 1.82) is 0 Å². The van der Waals surface area contributed by atoms with Gasteiger partial charge in [-0.25, -0.2) is 0 Å². The van der Waals surface area contributed by atoms with E-state index in [0.29, 0.717) is 0 Å². The number of aliphatic hydroxyl groups excluding tert-OH is 1. The van der Waals surface area contributed by atoms with Gasteiger partial charge in [-0.3, -0.25) is 0 Å². The normalized spacial score (nSPS) is 43.2. The SMILES string of the molecule is O=[N+]([O-])O[C@@H]1CO[C@@H]2[C@@H]1OC[C@@H]2O. The smallest absolute Gasteiger partial charge is 0.294 e. The Labute approximate surface area is 73.3 Å². The van der Waals surface area contributed by atoms with Crippen LogP contribution in [-0.2, 0) is 14.3 Å². The Morgan fingerprint density at radius 2 is 2.08 bits per heavy atom. The Bertz CT molecular complexity index is 221. The summed E-state index contributed by atoms with van der Waals surface area (Å²) in [6.07, 6.45) is -2.41. The van der Waals surface area contributed by atoms with Crippen LogP contribution in [0.1, 0.15) is 0 Å². The molecule has 2 rings (SSSR count). The van der Waals surface area contributed by atoms with Gasteiger partial charge in [0.05, 0.1) is 13.2 Å². The van der Waals surface area contributed by atoms with Gasteiger partial charge in [-0.1, -0.05) is 0 Å². The molecule has 2 aliphatic rings. The molecule has 2 heterocycles. The molecule has 0 bridgehead atoms. The third-order valence-corrected chi connectivity index (χ3v) is 2.20. The van der Waals surface area contributed by atoms with Crippen LogP contribution in [0.5, 0.6) is 0 Å². The van der Waals surface area contributed by atoms with Crippen molar-refractivity contribution < 1.29 is 24.5 Å². The molecule has 0 aromatic heterocycles. The molecule has 0 aromatic carbocycles. The minimum absolute atomic E-state index is 0.0906. The van der Waals surface area contributed by atoms with E-state index in [-0.39, 0.29) is 13.2 Å². The highest BCUT2D eigenvalue weighted by atomic mass is 17.0. The van der Waals surface area contributed by atoms with Crippen molar-refractivity contribution in [2.45, 2.75) is 24.4 Å². The molecule has 1 N–H and O–H groups in total. The molecule has 74 valence electrons. The van der Waals surface area contributed by atoms with Crippen molar-refractivity contribution in [3.8, 4) is 0 Å². The lowest BCUT2D eigenvalue weighted by atomic mass is 10.1. The van der Waals surface area contributed by atoms with Crippen LogP contribution in [0, 0.1) is 10.1 Å². The Kier molecular flexibility index (Phi) is 2.06. The lowest BCUT2D eigenvalue weighted by Gasteiger charge is -2.12. The molecular formula is C6H9NO6. The quantitative estimate of drug-likeness (QED) is 0.432. The predicted octanol–water partition coefficient (Wildman–Crippen LogP) is -1.28. The van der Waals surface area contributed by atoms with Crippen LogP contribution in [0.4, 0.5) is 0 Å². The fourth-order valence-electron chi connectivity index (χ4n) is 1.64. The number of hydrogen-bond donors (Lipinski definition) is 1. The fraction of sp³-hybridized carbons (Fsp3) is 1.00. The first-order chi connectivity index (χ1) is 6.18. The van der Waals surface area contributed by atoms with E-state index in [1.807, 2.05) is 0 Å². The van der Waals surface area contributed by atoms with E-state index in [9.17, 15) is 15.2 Å². The largest absolute Gasteiger partial charge is 0.388 e. The Morgan fingerprint density at radius 3 is 2.77 bits per heavy atom. The lowest BCUT2D eigenvalue weighted by molar-refractivity contribution is -0.769. The Balaban J connectivity index is 1.98. The molecule has 0 aliphatic carbocycles. The molecule has 7 nitrogen and oxygen atoms in total. The van der Waals surface area contributed by atoms with Gasteiger partial charge in [0.2, 0.25) is 0 Å². The average Bonchev–Trinajstić information content (AvgIpc) is 2.56. The Hall–Kier alpha value is -0.920. The van der Waals surface area contributed by atoms with Gasteiger partial charge < -0.3 is 19.4 Å². The number of nitrogens with zero attached hydrogens (tertiary/aromatic N) is 1. The van der Waals surface area contributed by atoms with E-state index < -0.39 is 29.5 Å². The van der Waals surface area contributed by atoms with Crippen LogP contribution < -0.4 is 0 Å². The van der Waals surface area contributed by atoms with Gasteiger partial charge in [-0.2, -0.15) is 0 Å². The third kappa shape index (κ3) is 1.45. The molecule has 0 aromatic rings. The molecule has 0 spiro atoms. The van der Waals surface area contributed by atoms with E-state index in [0.717, 1.165) is 0 Å². The minimum Gasteiger partial charge on any atom is -0.388 e. The zero-order chi connectivity index (χ0) is 9.42. The molecule has 2 saturated heterocycles. The van der Waals surface area contributed by atoms with Gasteiger partial charge in [0, 0.05) is 0 Å². The highest BCUT2D eigenvalue weighted by Crippen LogP contribution is 2.28. The Morgan fingerprint density at radius 1 is 1.38 bits per heavy atom.